The molecule has 174 valence electrons. The summed E-state index contributed by atoms with van der Waals surface area (Å²) in [6.07, 6.45) is 0. The molecule has 2 nitrogen and oxygen atoms in total. The quantitative estimate of drug-likeness (QED) is 0.245. The van der Waals surface area contributed by atoms with E-state index in [1.165, 1.54) is 31.3 Å². The van der Waals surface area contributed by atoms with Gasteiger partial charge in [-0.1, -0.05) is 115 Å². The molecule has 7 rings (SSSR count). The fourth-order valence-corrected chi connectivity index (χ4v) is 6.12. The van der Waals surface area contributed by atoms with Crippen molar-refractivity contribution in [2.75, 3.05) is 0 Å². The molecule has 0 unspecified atom stereocenters. The minimum atomic E-state index is 0.751. The molecule has 0 bridgehead atoms. The van der Waals surface area contributed by atoms with Crippen molar-refractivity contribution in [1.29, 1.82) is 0 Å². The molecule has 0 aliphatic rings. The molecule has 2 aromatic heterocycles. The lowest BCUT2D eigenvalue weighted by molar-refractivity contribution is 1.19. The van der Waals surface area contributed by atoms with Crippen molar-refractivity contribution in [2.45, 2.75) is 0 Å². The van der Waals surface area contributed by atoms with Crippen LogP contribution in [-0.4, -0.2) is 9.97 Å². The highest BCUT2D eigenvalue weighted by Crippen LogP contribution is 2.41. The summed E-state index contributed by atoms with van der Waals surface area (Å²) < 4.78 is 2.48. The Morgan fingerprint density at radius 2 is 1.03 bits per heavy atom. The zero-order valence-corrected chi connectivity index (χ0v) is 20.8. The molecule has 3 heteroatoms. The number of rotatable bonds is 4. The van der Waals surface area contributed by atoms with Crippen molar-refractivity contribution in [3.05, 3.63) is 133 Å². The van der Waals surface area contributed by atoms with E-state index in [-0.39, 0.29) is 0 Å². The van der Waals surface area contributed by atoms with Gasteiger partial charge in [0.2, 0.25) is 0 Å². The molecule has 0 saturated heterocycles. The fraction of sp³-hybridized carbons (Fsp3) is 0. The van der Waals surface area contributed by atoms with Crippen LogP contribution >= 0.6 is 11.3 Å². The number of hydrogen-bond acceptors (Lipinski definition) is 3. The molecule has 0 aliphatic heterocycles. The lowest BCUT2D eigenvalue weighted by Gasteiger charge is -2.10. The van der Waals surface area contributed by atoms with Crippen molar-refractivity contribution in [1.82, 2.24) is 9.97 Å². The van der Waals surface area contributed by atoms with Gasteiger partial charge in [0, 0.05) is 36.9 Å². The smallest absolute Gasteiger partial charge is 0.161 e. The van der Waals surface area contributed by atoms with Crippen LogP contribution in [0, 0.1) is 0 Å². The van der Waals surface area contributed by atoms with Gasteiger partial charge in [0.25, 0.3) is 0 Å². The van der Waals surface area contributed by atoms with Crippen molar-refractivity contribution in [2.24, 2.45) is 0 Å². The highest BCUT2D eigenvalue weighted by atomic mass is 32.1. The van der Waals surface area contributed by atoms with Gasteiger partial charge in [0.1, 0.15) is 0 Å². The van der Waals surface area contributed by atoms with E-state index in [0.717, 1.165) is 33.9 Å². The Balaban J connectivity index is 1.44. The summed E-state index contributed by atoms with van der Waals surface area (Å²) in [5.74, 6) is 0.751. The topological polar surface area (TPSA) is 25.8 Å². The van der Waals surface area contributed by atoms with Crippen LogP contribution in [0.5, 0.6) is 0 Å². The van der Waals surface area contributed by atoms with Crippen LogP contribution < -0.4 is 0 Å². The average Bonchev–Trinajstić information content (AvgIpc) is 3.36. The standard InChI is InChI=1S/C34H22N2S/c1-4-11-23(12-5-1)26-19-20-27-28-17-10-18-29(33(28)37-32(27)21-26)34-35-30(24-13-6-2-7-14-24)22-31(36-34)25-15-8-3-9-16-25/h1-22H. The minimum absolute atomic E-state index is 0.751. The Morgan fingerprint density at radius 1 is 0.432 bits per heavy atom. The van der Waals surface area contributed by atoms with E-state index in [0.29, 0.717) is 0 Å². The highest BCUT2D eigenvalue weighted by Gasteiger charge is 2.16. The van der Waals surface area contributed by atoms with Gasteiger partial charge in [0.05, 0.1) is 11.4 Å². The zero-order valence-electron chi connectivity index (χ0n) is 20.0. The molecule has 0 aliphatic carbocycles. The van der Waals surface area contributed by atoms with Crippen LogP contribution in [0.15, 0.2) is 133 Å². The number of thiophene rings is 1. The molecule has 0 N–H and O–H groups in total. The van der Waals surface area contributed by atoms with Gasteiger partial charge in [-0.05, 0) is 29.3 Å². The first-order valence-electron chi connectivity index (χ1n) is 12.3. The summed E-state index contributed by atoms with van der Waals surface area (Å²) >= 11 is 1.82. The average molecular weight is 491 g/mol. The predicted molar refractivity (Wildman–Crippen MR) is 157 cm³/mol. The Hall–Kier alpha value is -4.60. The van der Waals surface area contributed by atoms with E-state index in [9.17, 15) is 0 Å². The summed E-state index contributed by atoms with van der Waals surface area (Å²) in [5.41, 5.74) is 7.54. The number of hydrogen-bond donors (Lipinski definition) is 0. The summed E-state index contributed by atoms with van der Waals surface area (Å²) in [6.45, 7) is 0. The molecule has 2 heterocycles. The highest BCUT2D eigenvalue weighted by molar-refractivity contribution is 7.26. The van der Waals surface area contributed by atoms with E-state index in [2.05, 4.69) is 121 Å². The van der Waals surface area contributed by atoms with Gasteiger partial charge < -0.3 is 0 Å². The van der Waals surface area contributed by atoms with Crippen LogP contribution in [0.2, 0.25) is 0 Å². The van der Waals surface area contributed by atoms with Crippen LogP contribution in [0.4, 0.5) is 0 Å². The number of aromatic nitrogens is 2. The third kappa shape index (κ3) is 4.00. The van der Waals surface area contributed by atoms with E-state index >= 15 is 0 Å². The van der Waals surface area contributed by atoms with Crippen LogP contribution in [0.25, 0.3) is 65.2 Å². The van der Waals surface area contributed by atoms with Gasteiger partial charge in [-0.25, -0.2) is 9.97 Å². The number of benzene rings is 5. The number of nitrogens with zero attached hydrogens (tertiary/aromatic N) is 2. The Kier molecular flexibility index (Phi) is 5.34. The maximum atomic E-state index is 5.08. The third-order valence-corrected chi connectivity index (χ3v) is 7.91. The van der Waals surface area contributed by atoms with E-state index < -0.39 is 0 Å². The summed E-state index contributed by atoms with van der Waals surface area (Å²) in [5, 5.41) is 2.51. The molecule has 0 spiro atoms. The first kappa shape index (κ1) is 21.7. The molecule has 37 heavy (non-hydrogen) atoms. The molecule has 0 radical (unpaired) electrons. The first-order valence-corrected chi connectivity index (χ1v) is 13.2. The molecular weight excluding hydrogens is 468 g/mol. The zero-order chi connectivity index (χ0) is 24.6. The third-order valence-electron chi connectivity index (χ3n) is 6.71. The van der Waals surface area contributed by atoms with Gasteiger partial charge in [-0.15, -0.1) is 11.3 Å². The predicted octanol–water partition coefficient (Wildman–Crippen LogP) is 9.51. The minimum Gasteiger partial charge on any atom is -0.228 e. The van der Waals surface area contributed by atoms with E-state index in [1.807, 2.05) is 23.5 Å². The van der Waals surface area contributed by atoms with Crippen molar-refractivity contribution >= 4 is 31.5 Å². The van der Waals surface area contributed by atoms with Crippen LogP contribution in [0.1, 0.15) is 0 Å². The second kappa shape index (κ2) is 9.12. The molecule has 5 aromatic carbocycles. The van der Waals surface area contributed by atoms with Gasteiger partial charge in [0.15, 0.2) is 5.82 Å². The summed E-state index contributed by atoms with van der Waals surface area (Å²) in [4.78, 5) is 10.2. The monoisotopic (exact) mass is 490 g/mol. The van der Waals surface area contributed by atoms with E-state index in [1.54, 1.807) is 0 Å². The van der Waals surface area contributed by atoms with Gasteiger partial charge in [-0.2, -0.15) is 0 Å². The van der Waals surface area contributed by atoms with Crippen molar-refractivity contribution < 1.29 is 0 Å². The maximum absolute atomic E-state index is 5.08. The largest absolute Gasteiger partial charge is 0.228 e. The Labute approximate surface area is 219 Å². The second-order valence-corrected chi connectivity index (χ2v) is 10.1. The SMILES string of the molecule is c1ccc(-c2ccc3c(c2)sc2c(-c4nc(-c5ccccc5)cc(-c5ccccc5)n4)cccc23)cc1. The second-order valence-electron chi connectivity index (χ2n) is 9.06. The Morgan fingerprint density at radius 3 is 1.65 bits per heavy atom. The molecule has 0 fully saturated rings. The summed E-state index contributed by atoms with van der Waals surface area (Å²) in [6, 6.07) is 46.6. The number of fused-ring (bicyclic) bond motifs is 3. The maximum Gasteiger partial charge on any atom is 0.161 e. The molecule has 0 amide bonds. The molecule has 0 atom stereocenters. The molecule has 0 saturated carbocycles. The van der Waals surface area contributed by atoms with Crippen LogP contribution in [0.3, 0.4) is 0 Å². The lowest BCUT2D eigenvalue weighted by Crippen LogP contribution is -1.96. The molecule has 7 aromatic rings. The molecular formula is C34H22N2S. The van der Waals surface area contributed by atoms with Crippen molar-refractivity contribution in [3.63, 3.8) is 0 Å². The Bertz CT molecular complexity index is 1800. The lowest BCUT2D eigenvalue weighted by atomic mass is 10.0. The van der Waals surface area contributed by atoms with Crippen LogP contribution in [-0.2, 0) is 0 Å². The van der Waals surface area contributed by atoms with Gasteiger partial charge >= 0.3 is 0 Å². The van der Waals surface area contributed by atoms with Crippen molar-refractivity contribution in [3.8, 4) is 45.0 Å². The van der Waals surface area contributed by atoms with Gasteiger partial charge in [-0.3, -0.25) is 0 Å². The summed E-state index contributed by atoms with van der Waals surface area (Å²) in [7, 11) is 0. The fourth-order valence-electron chi connectivity index (χ4n) is 4.87. The normalized spacial score (nSPS) is 11.2. The van der Waals surface area contributed by atoms with E-state index in [4.69, 9.17) is 9.97 Å². The first-order chi connectivity index (χ1) is 18.3.